The molecule has 14 heavy (non-hydrogen) atoms. The maximum absolute atomic E-state index is 5.14. The molecule has 4 heteroatoms. The number of rotatable bonds is 2. The maximum Gasteiger partial charge on any atom is 0.143 e. The lowest BCUT2D eigenvalue weighted by Gasteiger charge is -2.11. The molecule has 0 bridgehead atoms. The van der Waals surface area contributed by atoms with Crippen LogP contribution in [0.15, 0.2) is 9.68 Å². The van der Waals surface area contributed by atoms with Gasteiger partial charge in [-0.3, -0.25) is 0 Å². The maximum atomic E-state index is 5.14. The van der Waals surface area contributed by atoms with Gasteiger partial charge in [0, 0.05) is 0 Å². The van der Waals surface area contributed by atoms with Crippen molar-refractivity contribution in [3.8, 4) is 0 Å². The second-order valence-corrected chi connectivity index (χ2v) is 3.37. The zero-order valence-electron chi connectivity index (χ0n) is 8.54. The van der Waals surface area contributed by atoms with Gasteiger partial charge in [-0.15, -0.1) is 0 Å². The van der Waals surface area contributed by atoms with Crippen molar-refractivity contribution in [3.05, 3.63) is 17.0 Å². The third-order valence-corrected chi connectivity index (χ3v) is 2.35. The smallest absolute Gasteiger partial charge is 0.143 e. The highest BCUT2D eigenvalue weighted by Gasteiger charge is 2.22. The van der Waals surface area contributed by atoms with Crippen LogP contribution in [0.5, 0.6) is 0 Å². The third-order valence-electron chi connectivity index (χ3n) is 2.35. The van der Waals surface area contributed by atoms with Crippen molar-refractivity contribution in [1.29, 1.82) is 0 Å². The summed E-state index contributed by atoms with van der Waals surface area (Å²) in [6.07, 6.45) is 3.01. The van der Waals surface area contributed by atoms with E-state index >= 15 is 0 Å². The Bertz CT molecular complexity index is 355. The largest absolute Gasteiger partial charge is 0.396 e. The minimum Gasteiger partial charge on any atom is -0.396 e. The second kappa shape index (κ2) is 3.82. The predicted molar refractivity (Wildman–Crippen MR) is 52.3 cm³/mol. The van der Waals surface area contributed by atoms with Gasteiger partial charge >= 0.3 is 0 Å². The van der Waals surface area contributed by atoms with Gasteiger partial charge in [-0.25, -0.2) is 0 Å². The second-order valence-electron chi connectivity index (χ2n) is 3.37. The first-order valence-electron chi connectivity index (χ1n) is 4.97. The van der Waals surface area contributed by atoms with Crippen LogP contribution in [0, 0.1) is 6.92 Å². The molecule has 1 aromatic heterocycles. The Labute approximate surface area is 82.9 Å². The fourth-order valence-corrected chi connectivity index (χ4v) is 1.74. The summed E-state index contributed by atoms with van der Waals surface area (Å²) >= 11 is 0. The van der Waals surface area contributed by atoms with Crippen molar-refractivity contribution in [1.82, 2.24) is 5.16 Å². The van der Waals surface area contributed by atoms with Gasteiger partial charge in [0.25, 0.3) is 0 Å². The van der Waals surface area contributed by atoms with Crippen LogP contribution in [-0.4, -0.2) is 17.5 Å². The summed E-state index contributed by atoms with van der Waals surface area (Å²) < 4.78 is 5.14. The number of hydrogen-bond donors (Lipinski definition) is 0. The highest BCUT2D eigenvalue weighted by atomic mass is 16.6. The van der Waals surface area contributed by atoms with Gasteiger partial charge in [0.15, 0.2) is 0 Å². The van der Waals surface area contributed by atoms with Crippen LogP contribution in [0.3, 0.4) is 0 Å². The molecule has 0 radical (unpaired) electrons. The van der Waals surface area contributed by atoms with Gasteiger partial charge in [0.05, 0.1) is 17.0 Å². The SMILES string of the molecule is CCO/N=C1/CCCc2noc(C)c21. The Morgan fingerprint density at radius 3 is 3.14 bits per heavy atom. The van der Waals surface area contributed by atoms with Crippen molar-refractivity contribution in [3.63, 3.8) is 0 Å². The molecule has 1 heterocycles. The van der Waals surface area contributed by atoms with Crippen molar-refractivity contribution in [2.75, 3.05) is 6.61 Å². The summed E-state index contributed by atoms with van der Waals surface area (Å²) in [6.45, 7) is 4.44. The van der Waals surface area contributed by atoms with E-state index in [2.05, 4.69) is 10.3 Å². The first kappa shape index (κ1) is 9.24. The minimum atomic E-state index is 0.600. The van der Waals surface area contributed by atoms with Gasteiger partial charge in [-0.2, -0.15) is 0 Å². The van der Waals surface area contributed by atoms with E-state index in [9.17, 15) is 0 Å². The fraction of sp³-hybridized carbons (Fsp3) is 0.600. The number of aryl methyl sites for hydroxylation is 2. The number of hydrogen-bond acceptors (Lipinski definition) is 4. The number of fused-ring (bicyclic) bond motifs is 1. The first-order chi connectivity index (χ1) is 6.83. The summed E-state index contributed by atoms with van der Waals surface area (Å²) in [5, 5.41) is 8.10. The van der Waals surface area contributed by atoms with E-state index in [0.29, 0.717) is 6.61 Å². The van der Waals surface area contributed by atoms with E-state index < -0.39 is 0 Å². The summed E-state index contributed by atoms with van der Waals surface area (Å²) in [5.41, 5.74) is 3.06. The van der Waals surface area contributed by atoms with E-state index in [1.54, 1.807) is 0 Å². The molecule has 0 spiro atoms. The Morgan fingerprint density at radius 1 is 1.50 bits per heavy atom. The highest BCUT2D eigenvalue weighted by Crippen LogP contribution is 2.24. The number of oxime groups is 1. The number of nitrogens with zero attached hydrogens (tertiary/aromatic N) is 2. The zero-order valence-corrected chi connectivity index (χ0v) is 8.54. The Hall–Kier alpha value is -1.32. The molecule has 0 unspecified atom stereocenters. The van der Waals surface area contributed by atoms with E-state index in [1.807, 2.05) is 13.8 Å². The van der Waals surface area contributed by atoms with E-state index in [4.69, 9.17) is 9.36 Å². The first-order valence-corrected chi connectivity index (χ1v) is 4.97. The van der Waals surface area contributed by atoms with Crippen LogP contribution >= 0.6 is 0 Å². The van der Waals surface area contributed by atoms with E-state index in [0.717, 1.165) is 42.0 Å². The summed E-state index contributed by atoms with van der Waals surface area (Å²) in [4.78, 5) is 5.07. The standard InChI is InChI=1S/C10H14N2O2/c1-3-13-11-8-5-4-6-9-10(8)7(2)14-12-9/h3-6H2,1-2H3/b11-8-. The lowest BCUT2D eigenvalue weighted by atomic mass is 9.94. The minimum absolute atomic E-state index is 0.600. The average Bonchev–Trinajstić information content (AvgIpc) is 2.58. The van der Waals surface area contributed by atoms with Crippen LogP contribution in [0.2, 0.25) is 0 Å². The van der Waals surface area contributed by atoms with Gasteiger partial charge in [-0.1, -0.05) is 10.3 Å². The molecule has 0 atom stereocenters. The molecule has 4 nitrogen and oxygen atoms in total. The molecular weight excluding hydrogens is 180 g/mol. The van der Waals surface area contributed by atoms with Crippen LogP contribution < -0.4 is 0 Å². The molecule has 0 saturated heterocycles. The Morgan fingerprint density at radius 2 is 2.36 bits per heavy atom. The Kier molecular flexibility index (Phi) is 2.52. The molecule has 0 aromatic carbocycles. The van der Waals surface area contributed by atoms with Gasteiger partial charge in [-0.05, 0) is 33.1 Å². The van der Waals surface area contributed by atoms with E-state index in [1.165, 1.54) is 0 Å². The molecule has 0 fully saturated rings. The Balaban J connectivity index is 2.34. The van der Waals surface area contributed by atoms with Crippen LogP contribution in [0.25, 0.3) is 0 Å². The third kappa shape index (κ3) is 1.52. The summed E-state index contributed by atoms with van der Waals surface area (Å²) in [7, 11) is 0. The van der Waals surface area contributed by atoms with Crippen molar-refractivity contribution in [2.45, 2.75) is 33.1 Å². The summed E-state index contributed by atoms with van der Waals surface area (Å²) in [5.74, 6) is 0.846. The molecule has 0 saturated carbocycles. The normalized spacial score (nSPS) is 18.3. The molecule has 0 N–H and O–H groups in total. The molecule has 76 valence electrons. The predicted octanol–water partition coefficient (Wildman–Crippen LogP) is 2.06. The van der Waals surface area contributed by atoms with Crippen LogP contribution in [-0.2, 0) is 11.3 Å². The molecule has 1 aliphatic rings. The van der Waals surface area contributed by atoms with E-state index in [-0.39, 0.29) is 0 Å². The lowest BCUT2D eigenvalue weighted by Crippen LogP contribution is -2.12. The van der Waals surface area contributed by atoms with Crippen molar-refractivity contribution < 1.29 is 9.36 Å². The molecule has 0 aliphatic heterocycles. The highest BCUT2D eigenvalue weighted by molar-refractivity contribution is 6.02. The van der Waals surface area contributed by atoms with Crippen molar-refractivity contribution >= 4 is 5.71 Å². The molecular formula is C10H14N2O2. The van der Waals surface area contributed by atoms with Gasteiger partial charge in [0.2, 0.25) is 0 Å². The quantitative estimate of drug-likeness (QED) is 0.677. The summed E-state index contributed by atoms with van der Waals surface area (Å²) in [6, 6.07) is 0. The van der Waals surface area contributed by atoms with Crippen molar-refractivity contribution in [2.24, 2.45) is 5.16 Å². The number of aromatic nitrogens is 1. The van der Waals surface area contributed by atoms with Crippen LogP contribution in [0.4, 0.5) is 0 Å². The van der Waals surface area contributed by atoms with Gasteiger partial charge < -0.3 is 9.36 Å². The lowest BCUT2D eigenvalue weighted by molar-refractivity contribution is 0.158. The zero-order chi connectivity index (χ0) is 9.97. The van der Waals surface area contributed by atoms with Gasteiger partial charge in [0.1, 0.15) is 12.4 Å². The molecule has 0 amide bonds. The fourth-order valence-electron chi connectivity index (χ4n) is 1.74. The molecule has 2 rings (SSSR count). The topological polar surface area (TPSA) is 47.6 Å². The monoisotopic (exact) mass is 194 g/mol. The van der Waals surface area contributed by atoms with Crippen LogP contribution in [0.1, 0.15) is 36.8 Å². The molecule has 1 aliphatic carbocycles. The average molecular weight is 194 g/mol. The molecule has 1 aromatic rings.